The fourth-order valence-electron chi connectivity index (χ4n) is 1.49. The highest BCUT2D eigenvalue weighted by Gasteiger charge is 2.21. The topological polar surface area (TPSA) is 78.1 Å². The molecule has 0 aliphatic heterocycles. The van der Waals surface area contributed by atoms with Gasteiger partial charge >= 0.3 is 10.2 Å². The minimum Gasteiger partial charge on any atom is -0.262 e. The van der Waals surface area contributed by atoms with Crippen LogP contribution in [0.15, 0.2) is 6.20 Å². The van der Waals surface area contributed by atoms with E-state index < -0.39 is 10.2 Å². The Morgan fingerprint density at radius 3 is 2.35 bits per heavy atom. The predicted octanol–water partition coefficient (Wildman–Crippen LogP) is 1.50. The van der Waals surface area contributed by atoms with E-state index in [2.05, 4.69) is 14.9 Å². The zero-order chi connectivity index (χ0) is 12.9. The van der Waals surface area contributed by atoms with Crippen LogP contribution in [0.3, 0.4) is 0 Å². The van der Waals surface area contributed by atoms with Crippen molar-refractivity contribution in [1.82, 2.24) is 14.5 Å². The van der Waals surface area contributed by atoms with E-state index in [1.54, 1.807) is 13.1 Å². The summed E-state index contributed by atoms with van der Waals surface area (Å²) >= 11 is 0. The van der Waals surface area contributed by atoms with Gasteiger partial charge in [-0.25, -0.2) is 0 Å². The Kier molecular flexibility index (Phi) is 4.95. The first kappa shape index (κ1) is 14.0. The Morgan fingerprint density at radius 2 is 1.94 bits per heavy atom. The van der Waals surface area contributed by atoms with E-state index in [0.717, 1.165) is 18.4 Å². The van der Waals surface area contributed by atoms with Gasteiger partial charge < -0.3 is 0 Å². The second-order valence-electron chi connectivity index (χ2n) is 3.93. The first-order valence-electron chi connectivity index (χ1n) is 5.79. The minimum absolute atomic E-state index is 0.433. The maximum absolute atomic E-state index is 12.1. The zero-order valence-electron chi connectivity index (χ0n) is 10.5. The van der Waals surface area contributed by atoms with Gasteiger partial charge in [0, 0.05) is 18.7 Å². The normalized spacial score (nSPS) is 12.0. The third-order valence-corrected chi connectivity index (χ3v) is 3.85. The molecule has 1 heterocycles. The number of H-pyrrole nitrogens is 1. The lowest BCUT2D eigenvalue weighted by Gasteiger charge is -2.21. The number of aromatic amines is 1. The predicted molar refractivity (Wildman–Crippen MR) is 68.0 cm³/mol. The van der Waals surface area contributed by atoms with Gasteiger partial charge in [0.05, 0.1) is 6.20 Å². The number of hydrogen-bond donors (Lipinski definition) is 2. The fourth-order valence-corrected chi connectivity index (χ4v) is 2.93. The van der Waals surface area contributed by atoms with E-state index in [0.29, 0.717) is 18.9 Å². The maximum Gasteiger partial charge on any atom is 0.302 e. The van der Waals surface area contributed by atoms with Gasteiger partial charge in [0.15, 0.2) is 0 Å². The van der Waals surface area contributed by atoms with Crippen molar-refractivity contribution in [2.24, 2.45) is 0 Å². The molecule has 0 aliphatic rings. The molecule has 1 aromatic heterocycles. The summed E-state index contributed by atoms with van der Waals surface area (Å²) in [6.07, 6.45) is 3.17. The van der Waals surface area contributed by atoms with E-state index in [-0.39, 0.29) is 0 Å². The summed E-state index contributed by atoms with van der Waals surface area (Å²) in [5, 5.41) is 6.42. The second kappa shape index (κ2) is 6.02. The average molecular weight is 260 g/mol. The van der Waals surface area contributed by atoms with Gasteiger partial charge in [-0.15, -0.1) is 0 Å². The van der Waals surface area contributed by atoms with E-state index in [1.807, 2.05) is 13.8 Å². The number of rotatable bonds is 7. The summed E-state index contributed by atoms with van der Waals surface area (Å²) in [5.74, 6) is 0.433. The smallest absolute Gasteiger partial charge is 0.262 e. The lowest BCUT2D eigenvalue weighted by atomic mass is 10.4. The van der Waals surface area contributed by atoms with Gasteiger partial charge in [-0.2, -0.15) is 17.8 Å². The lowest BCUT2D eigenvalue weighted by molar-refractivity contribution is 0.413. The largest absolute Gasteiger partial charge is 0.302 e. The fraction of sp³-hybridized carbons (Fsp3) is 0.700. The van der Waals surface area contributed by atoms with Crippen molar-refractivity contribution < 1.29 is 8.42 Å². The SMILES string of the molecule is CCCN(CCC)S(=O)(=O)Nc1[nH]ncc1C. The monoisotopic (exact) mass is 260 g/mol. The van der Waals surface area contributed by atoms with Gasteiger partial charge in [-0.1, -0.05) is 13.8 Å². The maximum atomic E-state index is 12.1. The quantitative estimate of drug-likeness (QED) is 0.779. The first-order chi connectivity index (χ1) is 8.01. The number of nitrogens with zero attached hydrogens (tertiary/aromatic N) is 2. The number of anilines is 1. The van der Waals surface area contributed by atoms with Crippen LogP contribution in [0.25, 0.3) is 0 Å². The molecule has 0 saturated heterocycles. The number of hydrogen-bond acceptors (Lipinski definition) is 3. The van der Waals surface area contributed by atoms with Crippen molar-refractivity contribution >= 4 is 16.0 Å². The summed E-state index contributed by atoms with van der Waals surface area (Å²) in [6.45, 7) is 6.76. The Morgan fingerprint density at radius 1 is 1.35 bits per heavy atom. The van der Waals surface area contributed by atoms with Crippen molar-refractivity contribution in [3.05, 3.63) is 11.8 Å². The van der Waals surface area contributed by atoms with Crippen molar-refractivity contribution in [3.8, 4) is 0 Å². The van der Waals surface area contributed by atoms with Crippen LogP contribution in [0.4, 0.5) is 5.82 Å². The van der Waals surface area contributed by atoms with Gasteiger partial charge in [-0.05, 0) is 19.8 Å². The van der Waals surface area contributed by atoms with Crippen LogP contribution in [-0.4, -0.2) is 36.0 Å². The number of aryl methyl sites for hydroxylation is 1. The van der Waals surface area contributed by atoms with Gasteiger partial charge in [-0.3, -0.25) is 9.82 Å². The minimum atomic E-state index is -3.48. The molecule has 98 valence electrons. The molecule has 6 nitrogen and oxygen atoms in total. The Hall–Kier alpha value is -1.08. The van der Waals surface area contributed by atoms with Crippen LogP contribution in [0, 0.1) is 6.92 Å². The summed E-state index contributed by atoms with van der Waals surface area (Å²) in [5.41, 5.74) is 0.779. The highest BCUT2D eigenvalue weighted by atomic mass is 32.2. The van der Waals surface area contributed by atoms with E-state index in [9.17, 15) is 8.42 Å². The number of aromatic nitrogens is 2. The molecule has 1 aromatic rings. The molecular weight excluding hydrogens is 240 g/mol. The van der Waals surface area contributed by atoms with E-state index >= 15 is 0 Å². The van der Waals surface area contributed by atoms with Crippen LogP contribution in [0.5, 0.6) is 0 Å². The first-order valence-corrected chi connectivity index (χ1v) is 7.23. The third-order valence-electron chi connectivity index (χ3n) is 2.35. The molecule has 0 saturated carbocycles. The van der Waals surface area contributed by atoms with Crippen LogP contribution in [-0.2, 0) is 10.2 Å². The van der Waals surface area contributed by atoms with Gasteiger partial charge in [0.2, 0.25) is 0 Å². The molecule has 0 radical (unpaired) electrons. The van der Waals surface area contributed by atoms with Gasteiger partial charge in [0.1, 0.15) is 5.82 Å². The summed E-state index contributed by atoms with van der Waals surface area (Å²) in [6, 6.07) is 0. The summed E-state index contributed by atoms with van der Waals surface area (Å²) < 4.78 is 28.2. The van der Waals surface area contributed by atoms with Crippen LogP contribution in [0.1, 0.15) is 32.3 Å². The molecular formula is C10H20N4O2S. The molecule has 0 amide bonds. The Bertz CT molecular complexity index is 435. The number of nitrogens with one attached hydrogen (secondary N) is 2. The molecule has 0 fully saturated rings. The molecule has 0 bridgehead atoms. The Balaban J connectivity index is 2.82. The van der Waals surface area contributed by atoms with E-state index in [1.165, 1.54) is 4.31 Å². The van der Waals surface area contributed by atoms with E-state index in [4.69, 9.17) is 0 Å². The molecule has 0 spiro atoms. The molecule has 0 aromatic carbocycles. The summed E-state index contributed by atoms with van der Waals surface area (Å²) in [7, 11) is -3.48. The Labute approximate surface area is 103 Å². The molecule has 1 rings (SSSR count). The third kappa shape index (κ3) is 3.71. The van der Waals surface area contributed by atoms with Gasteiger partial charge in [0.25, 0.3) is 0 Å². The molecule has 0 aliphatic carbocycles. The van der Waals surface area contributed by atoms with Crippen LogP contribution < -0.4 is 4.72 Å². The zero-order valence-corrected chi connectivity index (χ0v) is 11.3. The highest BCUT2D eigenvalue weighted by molar-refractivity contribution is 7.90. The van der Waals surface area contributed by atoms with Crippen molar-refractivity contribution in [3.63, 3.8) is 0 Å². The molecule has 0 atom stereocenters. The second-order valence-corrected chi connectivity index (χ2v) is 5.60. The van der Waals surface area contributed by atoms with Crippen LogP contribution in [0.2, 0.25) is 0 Å². The van der Waals surface area contributed by atoms with Crippen molar-refractivity contribution in [2.45, 2.75) is 33.6 Å². The van der Waals surface area contributed by atoms with Crippen molar-refractivity contribution in [2.75, 3.05) is 17.8 Å². The molecule has 17 heavy (non-hydrogen) atoms. The molecule has 7 heteroatoms. The molecule has 2 N–H and O–H groups in total. The molecule has 0 unspecified atom stereocenters. The standard InChI is InChI=1S/C10H20N4O2S/c1-4-6-14(7-5-2)17(15,16)13-10-9(3)8-11-12-10/h8H,4-7H2,1-3H3,(H2,11,12,13). The van der Waals surface area contributed by atoms with Crippen LogP contribution >= 0.6 is 0 Å². The average Bonchev–Trinajstić information content (AvgIpc) is 2.63. The summed E-state index contributed by atoms with van der Waals surface area (Å²) in [4.78, 5) is 0. The van der Waals surface area contributed by atoms with Crippen molar-refractivity contribution in [1.29, 1.82) is 0 Å². The lowest BCUT2D eigenvalue weighted by Crippen LogP contribution is -2.37. The highest BCUT2D eigenvalue weighted by Crippen LogP contribution is 2.13.